The van der Waals surface area contributed by atoms with Gasteiger partial charge in [0.05, 0.1) is 19.3 Å². The van der Waals surface area contributed by atoms with Crippen molar-refractivity contribution < 1.29 is 23.9 Å². The second-order valence-corrected chi connectivity index (χ2v) is 4.56. The Morgan fingerprint density at radius 3 is 2.90 bits per heavy atom. The first kappa shape index (κ1) is 12.5. The zero-order valence-corrected chi connectivity index (χ0v) is 11.1. The number of carbonyl (C=O) groups is 1. The molecule has 6 heteroatoms. The first-order chi connectivity index (χ1) is 9.61. The number of hydrogen-bond donors (Lipinski definition) is 1. The molecule has 0 spiro atoms. The normalized spacial score (nSPS) is 12.9. The van der Waals surface area contributed by atoms with Gasteiger partial charge in [-0.2, -0.15) is 0 Å². The van der Waals surface area contributed by atoms with E-state index >= 15 is 0 Å². The molecular formula is C14H13NO5. The Hall–Kier alpha value is -2.50. The maximum Gasteiger partial charge on any atom is 0.374 e. The lowest BCUT2D eigenvalue weighted by molar-refractivity contribution is 0.0652. The summed E-state index contributed by atoms with van der Waals surface area (Å²) < 4.78 is 15.8. The van der Waals surface area contributed by atoms with Gasteiger partial charge >= 0.3 is 5.97 Å². The molecule has 0 aliphatic carbocycles. The van der Waals surface area contributed by atoms with Gasteiger partial charge < -0.3 is 19.1 Å². The zero-order valence-electron chi connectivity index (χ0n) is 11.1. The van der Waals surface area contributed by atoms with Gasteiger partial charge in [-0.15, -0.1) is 0 Å². The van der Waals surface area contributed by atoms with E-state index in [1.807, 2.05) is 13.0 Å². The first-order valence-electron chi connectivity index (χ1n) is 6.15. The molecule has 0 unspecified atom stereocenters. The molecule has 20 heavy (non-hydrogen) atoms. The molecule has 0 bridgehead atoms. The molecule has 0 atom stereocenters. The minimum absolute atomic E-state index is 0.198. The molecule has 0 saturated heterocycles. The number of nitrogens with zero attached hydrogens (tertiary/aromatic N) is 1. The van der Waals surface area contributed by atoms with Gasteiger partial charge in [0.25, 0.3) is 0 Å². The van der Waals surface area contributed by atoms with Gasteiger partial charge in [-0.25, -0.2) is 4.79 Å². The molecule has 0 fully saturated rings. The molecule has 3 rings (SSSR count). The van der Waals surface area contributed by atoms with Crippen LogP contribution in [0.2, 0.25) is 0 Å². The Labute approximate surface area is 114 Å². The van der Waals surface area contributed by atoms with E-state index in [1.165, 1.54) is 6.07 Å². The summed E-state index contributed by atoms with van der Waals surface area (Å²) in [5.74, 6) is 0.108. The molecule has 104 valence electrons. The van der Waals surface area contributed by atoms with Crippen LogP contribution in [0.5, 0.6) is 11.5 Å². The van der Waals surface area contributed by atoms with Crippen LogP contribution in [0.15, 0.2) is 16.7 Å². The fourth-order valence-corrected chi connectivity index (χ4v) is 2.47. The molecule has 1 aromatic carbocycles. The highest BCUT2D eigenvalue weighted by atomic mass is 16.5. The number of aromatic nitrogens is 1. The zero-order chi connectivity index (χ0) is 14.3. The first-order valence-corrected chi connectivity index (χ1v) is 6.15. The number of carboxylic acid groups (broad SMARTS) is 1. The largest absolute Gasteiger partial charge is 0.496 e. The second-order valence-electron chi connectivity index (χ2n) is 4.56. The lowest BCUT2D eigenvalue weighted by Gasteiger charge is -2.13. The van der Waals surface area contributed by atoms with Gasteiger partial charge in [0.2, 0.25) is 5.76 Å². The van der Waals surface area contributed by atoms with Gasteiger partial charge in [0.1, 0.15) is 17.2 Å². The number of aryl methyl sites for hydroxylation is 1. The molecule has 1 aliphatic rings. The highest BCUT2D eigenvalue weighted by Gasteiger charge is 2.26. The Bertz CT molecular complexity index is 685. The van der Waals surface area contributed by atoms with E-state index in [1.54, 1.807) is 7.11 Å². The van der Waals surface area contributed by atoms with Crippen LogP contribution >= 0.6 is 0 Å². The monoisotopic (exact) mass is 275 g/mol. The third kappa shape index (κ3) is 1.80. The van der Waals surface area contributed by atoms with E-state index in [0.717, 1.165) is 28.9 Å². The van der Waals surface area contributed by atoms with Crippen LogP contribution in [0.4, 0.5) is 0 Å². The predicted octanol–water partition coefficient (Wildman–Crippen LogP) is 2.29. The van der Waals surface area contributed by atoms with Crippen LogP contribution in [-0.4, -0.2) is 29.9 Å². The molecule has 2 heterocycles. The lowest BCUT2D eigenvalue weighted by atomic mass is 9.98. The van der Waals surface area contributed by atoms with E-state index < -0.39 is 5.97 Å². The number of ether oxygens (including phenoxy) is 2. The third-order valence-corrected chi connectivity index (χ3v) is 3.32. The maximum atomic E-state index is 10.9. The minimum Gasteiger partial charge on any atom is -0.496 e. The van der Waals surface area contributed by atoms with Crippen LogP contribution in [0, 0.1) is 6.92 Å². The summed E-state index contributed by atoms with van der Waals surface area (Å²) in [6.07, 6.45) is 0.733. The summed E-state index contributed by atoms with van der Waals surface area (Å²) in [5.41, 5.74) is 3.07. The van der Waals surface area contributed by atoms with Gasteiger partial charge in [0.15, 0.2) is 0 Å². The van der Waals surface area contributed by atoms with Crippen molar-refractivity contribution >= 4 is 5.97 Å². The summed E-state index contributed by atoms with van der Waals surface area (Å²) in [6, 6.07) is 3.32. The van der Waals surface area contributed by atoms with Gasteiger partial charge in [-0.05, 0) is 18.6 Å². The fraction of sp³-hybridized carbons (Fsp3) is 0.286. The summed E-state index contributed by atoms with van der Waals surface area (Å²) in [6.45, 7) is 2.50. The molecule has 0 amide bonds. The molecule has 1 aliphatic heterocycles. The van der Waals surface area contributed by atoms with Crippen LogP contribution in [0.25, 0.3) is 11.3 Å². The van der Waals surface area contributed by atoms with E-state index in [4.69, 9.17) is 19.1 Å². The molecule has 0 radical (unpaired) electrons. The maximum absolute atomic E-state index is 10.9. The van der Waals surface area contributed by atoms with Crippen LogP contribution in [0.3, 0.4) is 0 Å². The number of aromatic carboxylic acids is 1. The molecule has 6 nitrogen and oxygen atoms in total. The minimum atomic E-state index is -1.15. The second kappa shape index (κ2) is 4.56. The average Bonchev–Trinajstić information content (AvgIpc) is 3.05. The number of rotatable bonds is 3. The van der Waals surface area contributed by atoms with Gasteiger partial charge in [-0.3, -0.25) is 0 Å². The number of fused-ring (bicyclic) bond motifs is 1. The van der Waals surface area contributed by atoms with Crippen molar-refractivity contribution in [2.24, 2.45) is 0 Å². The number of methoxy groups -OCH3 is 1. The number of hydrogen-bond acceptors (Lipinski definition) is 5. The van der Waals surface area contributed by atoms with Gasteiger partial charge in [-0.1, -0.05) is 5.16 Å². The standard InChI is InChI=1S/C14H13NO5/c1-7-5-10-8(3-4-19-10)12(13(7)18-2)9-6-11(14(16)17)20-15-9/h5-6H,3-4H2,1-2H3,(H,16,17). The molecule has 1 N–H and O–H groups in total. The van der Waals surface area contributed by atoms with Crippen molar-refractivity contribution in [1.82, 2.24) is 5.16 Å². The van der Waals surface area contributed by atoms with Crippen molar-refractivity contribution in [2.75, 3.05) is 13.7 Å². The van der Waals surface area contributed by atoms with Crippen LogP contribution in [-0.2, 0) is 6.42 Å². The van der Waals surface area contributed by atoms with Gasteiger partial charge in [0, 0.05) is 18.1 Å². The van der Waals surface area contributed by atoms with E-state index in [2.05, 4.69) is 5.16 Å². The van der Waals surface area contributed by atoms with Crippen LogP contribution < -0.4 is 9.47 Å². The van der Waals surface area contributed by atoms with Crippen molar-refractivity contribution in [3.8, 4) is 22.8 Å². The smallest absolute Gasteiger partial charge is 0.374 e. The SMILES string of the molecule is COc1c(C)cc2c(c1-c1cc(C(=O)O)on1)CCO2. The van der Waals surface area contributed by atoms with Crippen molar-refractivity contribution in [2.45, 2.75) is 13.3 Å². The molecule has 2 aromatic rings. The number of carboxylic acids is 1. The fourth-order valence-electron chi connectivity index (χ4n) is 2.47. The lowest BCUT2D eigenvalue weighted by Crippen LogP contribution is -1.96. The Morgan fingerprint density at radius 1 is 1.45 bits per heavy atom. The summed E-state index contributed by atoms with van der Waals surface area (Å²) >= 11 is 0. The molecule has 0 saturated carbocycles. The summed E-state index contributed by atoms with van der Waals surface area (Å²) in [5, 5.41) is 12.8. The van der Waals surface area contributed by atoms with E-state index in [-0.39, 0.29) is 5.76 Å². The third-order valence-electron chi connectivity index (χ3n) is 3.32. The predicted molar refractivity (Wildman–Crippen MR) is 69.4 cm³/mol. The van der Waals surface area contributed by atoms with Crippen molar-refractivity contribution in [3.05, 3.63) is 29.0 Å². The Balaban J connectivity index is 2.23. The summed E-state index contributed by atoms with van der Waals surface area (Å²) in [7, 11) is 1.58. The van der Waals surface area contributed by atoms with E-state index in [0.29, 0.717) is 18.1 Å². The van der Waals surface area contributed by atoms with Crippen LogP contribution in [0.1, 0.15) is 21.7 Å². The van der Waals surface area contributed by atoms with E-state index in [9.17, 15) is 4.79 Å². The topological polar surface area (TPSA) is 81.8 Å². The summed E-state index contributed by atoms with van der Waals surface area (Å²) in [4.78, 5) is 10.9. The number of benzene rings is 1. The average molecular weight is 275 g/mol. The molecular weight excluding hydrogens is 262 g/mol. The van der Waals surface area contributed by atoms with Crippen molar-refractivity contribution in [3.63, 3.8) is 0 Å². The Kier molecular flexibility index (Phi) is 2.85. The highest BCUT2D eigenvalue weighted by molar-refractivity contribution is 5.87. The van der Waals surface area contributed by atoms with Crippen molar-refractivity contribution in [1.29, 1.82) is 0 Å². The highest BCUT2D eigenvalue weighted by Crippen LogP contribution is 2.43. The molecule has 1 aromatic heterocycles. The quantitative estimate of drug-likeness (QED) is 0.925. The Morgan fingerprint density at radius 2 is 2.25 bits per heavy atom.